The van der Waals surface area contributed by atoms with Crippen molar-refractivity contribution in [1.82, 2.24) is 14.8 Å². The van der Waals surface area contributed by atoms with Gasteiger partial charge in [-0.1, -0.05) is 11.6 Å². The highest BCUT2D eigenvalue weighted by molar-refractivity contribution is 6.30. The maximum absolute atomic E-state index is 11.8. The number of Topliss-reactive ketones (excluding diaryl/α,β-unsaturated/α-hetero) is 1. The molecular weight excluding hydrogens is 238 g/mol. The summed E-state index contributed by atoms with van der Waals surface area (Å²) in [4.78, 5) is 15.8. The largest absolute Gasteiger partial charge is 0.292 e. The Bertz CT molecular complexity index is 519. The highest BCUT2D eigenvalue weighted by Gasteiger charge is 2.08. The number of nitrogens with zero attached hydrogens (tertiary/aromatic N) is 3. The lowest BCUT2D eigenvalue weighted by Gasteiger charge is -2.01. The quantitative estimate of drug-likeness (QED) is 0.781. The van der Waals surface area contributed by atoms with Crippen molar-refractivity contribution in [2.24, 2.45) is 7.05 Å². The van der Waals surface area contributed by atoms with Gasteiger partial charge in [0.25, 0.3) is 0 Å². The molecule has 0 radical (unpaired) electrons. The smallest absolute Gasteiger partial charge is 0.181 e. The second kappa shape index (κ2) is 5.10. The van der Waals surface area contributed by atoms with E-state index >= 15 is 0 Å². The third kappa shape index (κ3) is 2.91. The summed E-state index contributed by atoms with van der Waals surface area (Å²) in [6, 6.07) is 5.22. The molecule has 5 heteroatoms. The first-order valence-electron chi connectivity index (χ1n) is 5.28. The summed E-state index contributed by atoms with van der Waals surface area (Å²) < 4.78 is 1.77. The molecule has 0 unspecified atom stereocenters. The number of halogens is 1. The van der Waals surface area contributed by atoms with Crippen LogP contribution in [0.4, 0.5) is 0 Å². The van der Waals surface area contributed by atoms with Crippen LogP contribution in [0.3, 0.4) is 0 Å². The summed E-state index contributed by atoms with van der Waals surface area (Å²) >= 11 is 5.71. The lowest BCUT2D eigenvalue weighted by Crippen LogP contribution is -2.06. The molecule has 88 valence electrons. The van der Waals surface area contributed by atoms with Gasteiger partial charge in [0.1, 0.15) is 5.69 Å². The average Bonchev–Trinajstić information content (AvgIpc) is 2.73. The zero-order valence-electron chi connectivity index (χ0n) is 9.43. The number of pyridine rings is 1. The maximum atomic E-state index is 11.8. The molecule has 17 heavy (non-hydrogen) atoms. The molecule has 2 aromatic heterocycles. The number of hydrogen-bond acceptors (Lipinski definition) is 3. The minimum atomic E-state index is 0.0165. The molecule has 0 atom stereocenters. The molecule has 2 heterocycles. The number of aromatic nitrogens is 3. The second-order valence-corrected chi connectivity index (χ2v) is 4.17. The van der Waals surface area contributed by atoms with Crippen LogP contribution < -0.4 is 0 Å². The molecule has 0 aromatic carbocycles. The van der Waals surface area contributed by atoms with E-state index in [0.717, 1.165) is 5.69 Å². The van der Waals surface area contributed by atoms with Crippen molar-refractivity contribution < 1.29 is 4.79 Å². The fourth-order valence-electron chi connectivity index (χ4n) is 1.56. The van der Waals surface area contributed by atoms with Gasteiger partial charge in [-0.3, -0.25) is 14.5 Å². The van der Waals surface area contributed by atoms with Gasteiger partial charge in [-0.25, -0.2) is 0 Å². The summed E-state index contributed by atoms with van der Waals surface area (Å²) in [5.41, 5.74) is 1.49. The molecule has 0 aliphatic carbocycles. The van der Waals surface area contributed by atoms with Gasteiger partial charge in [-0.15, -0.1) is 0 Å². The SMILES string of the molecule is Cn1nccc1CCC(=O)c1ccc(Cl)cn1. The number of hydrogen-bond donors (Lipinski definition) is 0. The van der Waals surface area contributed by atoms with E-state index in [4.69, 9.17) is 11.6 Å². The van der Waals surface area contributed by atoms with E-state index < -0.39 is 0 Å². The summed E-state index contributed by atoms with van der Waals surface area (Å²) in [7, 11) is 1.86. The van der Waals surface area contributed by atoms with Crippen molar-refractivity contribution in [3.05, 3.63) is 47.0 Å². The lowest BCUT2D eigenvalue weighted by molar-refractivity contribution is 0.0977. The van der Waals surface area contributed by atoms with E-state index in [9.17, 15) is 4.79 Å². The molecule has 4 nitrogen and oxygen atoms in total. The first-order chi connectivity index (χ1) is 8.16. The molecule has 2 aromatic rings. The van der Waals surface area contributed by atoms with Crippen LogP contribution in [0.5, 0.6) is 0 Å². The molecular formula is C12H12ClN3O. The Morgan fingerprint density at radius 1 is 1.41 bits per heavy atom. The molecule has 0 N–H and O–H groups in total. The molecule has 0 aliphatic rings. The van der Waals surface area contributed by atoms with Gasteiger partial charge in [0.15, 0.2) is 5.78 Å². The Balaban J connectivity index is 1.98. The van der Waals surface area contributed by atoms with Crippen molar-refractivity contribution in [1.29, 1.82) is 0 Å². The molecule has 0 saturated heterocycles. The summed E-state index contributed by atoms with van der Waals surface area (Å²) in [5, 5.41) is 4.59. The van der Waals surface area contributed by atoms with E-state index in [1.807, 2.05) is 13.1 Å². The van der Waals surface area contributed by atoms with E-state index in [1.54, 1.807) is 23.0 Å². The van der Waals surface area contributed by atoms with E-state index in [1.165, 1.54) is 6.20 Å². The van der Waals surface area contributed by atoms with Crippen LogP contribution in [0, 0.1) is 0 Å². The van der Waals surface area contributed by atoms with Crippen LogP contribution in [0.15, 0.2) is 30.6 Å². The fraction of sp³-hybridized carbons (Fsp3) is 0.250. The minimum Gasteiger partial charge on any atom is -0.292 e. The van der Waals surface area contributed by atoms with Gasteiger partial charge in [-0.05, 0) is 24.6 Å². The Morgan fingerprint density at radius 3 is 2.82 bits per heavy atom. The minimum absolute atomic E-state index is 0.0165. The van der Waals surface area contributed by atoms with Crippen LogP contribution >= 0.6 is 11.6 Å². The molecule has 0 amide bonds. The maximum Gasteiger partial charge on any atom is 0.181 e. The third-order valence-corrected chi connectivity index (χ3v) is 2.77. The predicted octanol–water partition coefficient (Wildman–Crippen LogP) is 2.28. The normalized spacial score (nSPS) is 10.5. The van der Waals surface area contributed by atoms with Crippen LogP contribution in [-0.2, 0) is 13.5 Å². The first-order valence-corrected chi connectivity index (χ1v) is 5.66. The van der Waals surface area contributed by atoms with E-state index in [2.05, 4.69) is 10.1 Å². The zero-order valence-corrected chi connectivity index (χ0v) is 10.2. The molecule has 0 bridgehead atoms. The van der Waals surface area contributed by atoms with Crippen molar-refractivity contribution in [3.63, 3.8) is 0 Å². The van der Waals surface area contributed by atoms with Gasteiger partial charge in [0.05, 0.1) is 5.02 Å². The van der Waals surface area contributed by atoms with E-state index in [-0.39, 0.29) is 5.78 Å². The summed E-state index contributed by atoms with van der Waals surface area (Å²) in [5.74, 6) is 0.0165. The van der Waals surface area contributed by atoms with Gasteiger partial charge in [0, 0.05) is 31.6 Å². The Hall–Kier alpha value is -1.68. The summed E-state index contributed by atoms with van der Waals surface area (Å²) in [6.07, 6.45) is 4.30. The third-order valence-electron chi connectivity index (χ3n) is 2.54. The number of carbonyl (C=O) groups excluding carboxylic acids is 1. The Morgan fingerprint density at radius 2 is 2.24 bits per heavy atom. The lowest BCUT2D eigenvalue weighted by atomic mass is 10.1. The standard InChI is InChI=1S/C12H12ClN3O/c1-16-10(6-7-15-16)3-5-12(17)11-4-2-9(13)8-14-11/h2,4,6-8H,3,5H2,1H3. The van der Waals surface area contributed by atoms with Gasteiger partial charge in [0.2, 0.25) is 0 Å². The molecule has 2 rings (SSSR count). The number of carbonyl (C=O) groups is 1. The van der Waals surface area contributed by atoms with Crippen LogP contribution in [0.25, 0.3) is 0 Å². The molecule has 0 aliphatic heterocycles. The monoisotopic (exact) mass is 249 g/mol. The number of aryl methyl sites for hydroxylation is 2. The number of rotatable bonds is 4. The Labute approximate surface area is 104 Å². The molecule has 0 fully saturated rings. The highest BCUT2D eigenvalue weighted by Crippen LogP contribution is 2.09. The van der Waals surface area contributed by atoms with Gasteiger partial charge in [-0.2, -0.15) is 5.10 Å². The van der Waals surface area contributed by atoms with Crippen molar-refractivity contribution >= 4 is 17.4 Å². The Kier molecular flexibility index (Phi) is 3.54. The van der Waals surface area contributed by atoms with Crippen LogP contribution in [0.2, 0.25) is 5.02 Å². The highest BCUT2D eigenvalue weighted by atomic mass is 35.5. The summed E-state index contributed by atoms with van der Waals surface area (Å²) in [6.45, 7) is 0. The van der Waals surface area contributed by atoms with Crippen LogP contribution in [0.1, 0.15) is 22.6 Å². The predicted molar refractivity (Wildman–Crippen MR) is 65.1 cm³/mol. The second-order valence-electron chi connectivity index (χ2n) is 3.73. The van der Waals surface area contributed by atoms with Crippen molar-refractivity contribution in [2.75, 3.05) is 0 Å². The average molecular weight is 250 g/mol. The van der Waals surface area contributed by atoms with Gasteiger partial charge < -0.3 is 0 Å². The molecule has 0 spiro atoms. The fourth-order valence-corrected chi connectivity index (χ4v) is 1.67. The van der Waals surface area contributed by atoms with Crippen molar-refractivity contribution in [2.45, 2.75) is 12.8 Å². The van der Waals surface area contributed by atoms with E-state index in [0.29, 0.717) is 23.6 Å². The first kappa shape index (κ1) is 11.8. The zero-order chi connectivity index (χ0) is 12.3. The topological polar surface area (TPSA) is 47.8 Å². The van der Waals surface area contributed by atoms with Crippen molar-refractivity contribution in [3.8, 4) is 0 Å². The van der Waals surface area contributed by atoms with Gasteiger partial charge >= 0.3 is 0 Å². The molecule has 0 saturated carbocycles. The van der Waals surface area contributed by atoms with Crippen LogP contribution in [-0.4, -0.2) is 20.5 Å². The number of ketones is 1.